The molecule has 0 fully saturated rings. The number of rotatable bonds is 8. The number of anilines is 2. The lowest BCUT2D eigenvalue weighted by Crippen LogP contribution is -2.28. The van der Waals surface area contributed by atoms with E-state index in [1.807, 2.05) is 44.2 Å². The number of carbonyl (C=O) groups excluding carboxylic acids is 2. The number of hydrogen-bond donors (Lipinski definition) is 3. The lowest BCUT2D eigenvalue weighted by atomic mass is 10.1. The highest BCUT2D eigenvalue weighted by Crippen LogP contribution is 2.25. The topological polar surface area (TPSA) is 104 Å². The molecule has 1 atom stereocenters. The Hall–Kier alpha value is -4.14. The third-order valence-electron chi connectivity index (χ3n) is 5.86. The van der Waals surface area contributed by atoms with Gasteiger partial charge in [0.1, 0.15) is 0 Å². The lowest BCUT2D eigenvalue weighted by molar-refractivity contribution is 0.0940. The van der Waals surface area contributed by atoms with Crippen LogP contribution in [0.4, 0.5) is 11.4 Å². The molecular formula is C29H26ClN3O4S. The molecule has 2 amide bonds. The van der Waals surface area contributed by atoms with Crippen molar-refractivity contribution in [1.29, 1.82) is 0 Å². The monoisotopic (exact) mass is 547 g/mol. The number of carbonyl (C=O) groups is 2. The van der Waals surface area contributed by atoms with Gasteiger partial charge in [-0.05, 0) is 61.9 Å². The predicted octanol–water partition coefficient (Wildman–Crippen LogP) is 6.19. The maximum atomic E-state index is 13.2. The van der Waals surface area contributed by atoms with E-state index in [0.717, 1.165) is 11.1 Å². The molecule has 38 heavy (non-hydrogen) atoms. The highest BCUT2D eigenvalue weighted by Gasteiger charge is 2.20. The van der Waals surface area contributed by atoms with E-state index >= 15 is 0 Å². The zero-order chi connectivity index (χ0) is 27.3. The Morgan fingerprint density at radius 3 is 2.16 bits per heavy atom. The largest absolute Gasteiger partial charge is 0.345 e. The summed E-state index contributed by atoms with van der Waals surface area (Å²) >= 11 is 6.28. The highest BCUT2D eigenvalue weighted by atomic mass is 35.5. The van der Waals surface area contributed by atoms with Crippen molar-refractivity contribution in [3.63, 3.8) is 0 Å². The number of hydrogen-bond acceptors (Lipinski definition) is 4. The molecule has 9 heteroatoms. The normalized spacial score (nSPS) is 11.9. The average molecular weight is 548 g/mol. The van der Waals surface area contributed by atoms with E-state index in [1.54, 1.807) is 36.4 Å². The summed E-state index contributed by atoms with van der Waals surface area (Å²) < 4.78 is 28.1. The van der Waals surface area contributed by atoms with Gasteiger partial charge in [0.25, 0.3) is 21.8 Å². The van der Waals surface area contributed by atoms with Crippen LogP contribution in [0.5, 0.6) is 0 Å². The van der Waals surface area contributed by atoms with Crippen LogP contribution in [0.15, 0.2) is 102 Å². The molecule has 0 spiro atoms. The van der Waals surface area contributed by atoms with Crippen LogP contribution < -0.4 is 15.4 Å². The van der Waals surface area contributed by atoms with Gasteiger partial charge in [0.2, 0.25) is 0 Å². The van der Waals surface area contributed by atoms with E-state index in [-0.39, 0.29) is 44.4 Å². The summed E-state index contributed by atoms with van der Waals surface area (Å²) in [7, 11) is -3.87. The van der Waals surface area contributed by atoms with Crippen molar-refractivity contribution < 1.29 is 18.0 Å². The van der Waals surface area contributed by atoms with Crippen LogP contribution >= 0.6 is 11.6 Å². The van der Waals surface area contributed by atoms with Crippen LogP contribution in [0.3, 0.4) is 0 Å². The van der Waals surface area contributed by atoms with Gasteiger partial charge in [-0.2, -0.15) is 0 Å². The molecule has 0 aliphatic heterocycles. The number of sulfonamides is 1. The van der Waals surface area contributed by atoms with Gasteiger partial charge in [-0.1, -0.05) is 71.8 Å². The van der Waals surface area contributed by atoms with Gasteiger partial charge >= 0.3 is 0 Å². The third-order valence-corrected chi connectivity index (χ3v) is 7.59. The second-order valence-electron chi connectivity index (χ2n) is 8.72. The summed E-state index contributed by atoms with van der Waals surface area (Å²) in [5, 5.41) is 5.79. The minimum atomic E-state index is -3.87. The first-order chi connectivity index (χ1) is 18.1. The lowest BCUT2D eigenvalue weighted by Gasteiger charge is -2.17. The van der Waals surface area contributed by atoms with Crippen molar-refractivity contribution in [2.24, 2.45) is 0 Å². The highest BCUT2D eigenvalue weighted by molar-refractivity contribution is 7.92. The second-order valence-corrected chi connectivity index (χ2v) is 10.8. The summed E-state index contributed by atoms with van der Waals surface area (Å²) in [6.45, 7) is 3.73. The van der Waals surface area contributed by atoms with Gasteiger partial charge in [-0.15, -0.1) is 0 Å². The maximum Gasteiger partial charge on any atom is 0.261 e. The van der Waals surface area contributed by atoms with Crippen LogP contribution in [0.2, 0.25) is 5.02 Å². The Bertz CT molecular complexity index is 1570. The second kappa shape index (κ2) is 11.5. The van der Waals surface area contributed by atoms with Crippen molar-refractivity contribution in [3.05, 3.63) is 124 Å². The number of benzene rings is 4. The molecule has 0 saturated carbocycles. The molecule has 0 aliphatic carbocycles. The minimum absolute atomic E-state index is 0.0450. The van der Waals surface area contributed by atoms with Gasteiger partial charge in [0.15, 0.2) is 0 Å². The minimum Gasteiger partial charge on any atom is -0.345 e. The van der Waals surface area contributed by atoms with Gasteiger partial charge in [-0.25, -0.2) is 8.42 Å². The van der Waals surface area contributed by atoms with Crippen LogP contribution in [-0.4, -0.2) is 20.2 Å². The van der Waals surface area contributed by atoms with Crippen molar-refractivity contribution in [1.82, 2.24) is 5.32 Å². The number of nitrogens with one attached hydrogen (secondary N) is 3. The predicted molar refractivity (Wildman–Crippen MR) is 150 cm³/mol. The SMILES string of the molecule is Cc1ccc(S(=O)(=O)Nc2ccc(Cl)c(C(=O)Nc3ccccc3C(=O)N[C@@H](C)c3ccccc3)c2)cc1. The average Bonchev–Trinajstić information content (AvgIpc) is 2.90. The number of halogens is 1. The van der Waals surface area contributed by atoms with Crippen molar-refractivity contribution in [2.75, 3.05) is 10.0 Å². The Balaban J connectivity index is 1.53. The zero-order valence-electron chi connectivity index (χ0n) is 20.7. The number of amides is 2. The fraction of sp³-hybridized carbons (Fsp3) is 0.103. The fourth-order valence-electron chi connectivity index (χ4n) is 3.77. The van der Waals surface area contributed by atoms with Crippen LogP contribution in [0.1, 0.15) is 44.8 Å². The van der Waals surface area contributed by atoms with Crippen LogP contribution in [0, 0.1) is 6.92 Å². The molecule has 194 valence electrons. The molecule has 0 saturated heterocycles. The molecule has 0 radical (unpaired) electrons. The molecule has 0 bridgehead atoms. The molecular weight excluding hydrogens is 522 g/mol. The molecule has 4 aromatic rings. The summed E-state index contributed by atoms with van der Waals surface area (Å²) in [5.41, 5.74) is 2.65. The van der Waals surface area contributed by atoms with Gasteiger partial charge < -0.3 is 10.6 Å². The van der Waals surface area contributed by atoms with Crippen molar-refractivity contribution in [3.8, 4) is 0 Å². The number of para-hydroxylation sites is 1. The van der Waals surface area contributed by atoms with E-state index in [4.69, 9.17) is 11.6 Å². The summed E-state index contributed by atoms with van der Waals surface area (Å²) in [6.07, 6.45) is 0. The first kappa shape index (κ1) is 26.9. The van der Waals surface area contributed by atoms with E-state index in [2.05, 4.69) is 15.4 Å². The molecule has 0 aromatic heterocycles. The van der Waals surface area contributed by atoms with Gasteiger partial charge in [0, 0.05) is 5.69 Å². The smallest absolute Gasteiger partial charge is 0.261 e. The van der Waals surface area contributed by atoms with Crippen molar-refractivity contribution >= 4 is 44.8 Å². The molecule has 7 nitrogen and oxygen atoms in total. The van der Waals surface area contributed by atoms with Gasteiger partial charge in [-0.3, -0.25) is 14.3 Å². The zero-order valence-corrected chi connectivity index (χ0v) is 22.3. The first-order valence-electron chi connectivity index (χ1n) is 11.8. The van der Waals surface area contributed by atoms with Crippen LogP contribution in [0.25, 0.3) is 0 Å². The summed E-state index contributed by atoms with van der Waals surface area (Å²) in [4.78, 5) is 26.3. The molecule has 0 heterocycles. The Morgan fingerprint density at radius 2 is 1.45 bits per heavy atom. The quantitative estimate of drug-likeness (QED) is 0.244. The van der Waals surface area contributed by atoms with Crippen LogP contribution in [-0.2, 0) is 10.0 Å². The van der Waals surface area contributed by atoms with E-state index in [1.165, 1.54) is 30.3 Å². The molecule has 0 aliphatic rings. The first-order valence-corrected chi connectivity index (χ1v) is 13.7. The molecule has 0 unspecified atom stereocenters. The van der Waals surface area contributed by atoms with E-state index < -0.39 is 15.9 Å². The van der Waals surface area contributed by atoms with Crippen molar-refractivity contribution in [2.45, 2.75) is 24.8 Å². The third kappa shape index (κ3) is 6.40. The molecule has 4 rings (SSSR count). The van der Waals surface area contributed by atoms with Gasteiger partial charge in [0.05, 0.1) is 32.8 Å². The fourth-order valence-corrected chi connectivity index (χ4v) is 5.03. The van der Waals surface area contributed by atoms with E-state index in [0.29, 0.717) is 0 Å². The Kier molecular flexibility index (Phi) is 8.14. The maximum absolute atomic E-state index is 13.2. The number of aryl methyl sites for hydroxylation is 1. The standard InChI is InChI=1S/C29H26ClN3O4S/c1-19-12-15-23(16-13-19)38(36,37)33-22-14-17-26(30)25(18-22)29(35)32-27-11-7-6-10-24(27)28(34)31-20(2)21-8-4-3-5-9-21/h3-18,20,33H,1-2H3,(H,31,34)(H,32,35)/t20-/m0/s1. The Labute approximate surface area is 226 Å². The molecule has 3 N–H and O–H groups in total. The summed E-state index contributed by atoms with van der Waals surface area (Å²) in [6, 6.07) is 26.5. The van der Waals surface area contributed by atoms with E-state index in [9.17, 15) is 18.0 Å². The Morgan fingerprint density at radius 1 is 0.789 bits per heavy atom. The molecule has 4 aromatic carbocycles. The summed E-state index contributed by atoms with van der Waals surface area (Å²) in [5.74, 6) is -0.953.